The highest BCUT2D eigenvalue weighted by Gasteiger charge is 2.34. The number of amides is 2. The maximum Gasteiger partial charge on any atom is 0.416 e. The third-order valence-corrected chi connectivity index (χ3v) is 3.81. The Bertz CT molecular complexity index is 805. The minimum Gasteiger partial charge on any atom is -0.352 e. The van der Waals surface area contributed by atoms with Gasteiger partial charge >= 0.3 is 6.18 Å². The van der Waals surface area contributed by atoms with Crippen LogP contribution in [0.2, 0.25) is 0 Å². The van der Waals surface area contributed by atoms with Gasteiger partial charge in [-0.3, -0.25) is 14.6 Å². The van der Waals surface area contributed by atoms with Crippen LogP contribution in [0.15, 0.2) is 35.2 Å². The Balaban J connectivity index is 2.07. The molecule has 1 aliphatic rings. The number of nitrogens with one attached hydrogen (secondary N) is 3. The second kappa shape index (κ2) is 7.77. The van der Waals surface area contributed by atoms with Crippen molar-refractivity contribution in [2.45, 2.75) is 38.5 Å². The van der Waals surface area contributed by atoms with E-state index in [4.69, 9.17) is 0 Å². The van der Waals surface area contributed by atoms with E-state index in [1.807, 2.05) is 0 Å². The second-order valence-electron chi connectivity index (χ2n) is 6.04. The smallest absolute Gasteiger partial charge is 0.352 e. The zero-order chi connectivity index (χ0) is 20.2. The summed E-state index contributed by atoms with van der Waals surface area (Å²) in [6.45, 7) is 2.66. The normalized spacial score (nSPS) is 19.1. The molecule has 1 atom stereocenters. The molecule has 0 spiro atoms. The van der Waals surface area contributed by atoms with Crippen molar-refractivity contribution in [1.82, 2.24) is 16.0 Å². The maximum atomic E-state index is 13.8. The molecular weight excluding hydrogens is 368 g/mol. The number of benzene rings is 1. The van der Waals surface area contributed by atoms with Crippen LogP contribution in [0.1, 0.15) is 31.4 Å². The number of alkyl halides is 3. The molecule has 0 aromatic heterocycles. The van der Waals surface area contributed by atoms with Crippen LogP contribution < -0.4 is 16.0 Å². The predicted octanol–water partition coefficient (Wildman–Crippen LogP) is 2.22. The van der Waals surface area contributed by atoms with Gasteiger partial charge < -0.3 is 16.0 Å². The van der Waals surface area contributed by atoms with Crippen LogP contribution >= 0.6 is 0 Å². The summed E-state index contributed by atoms with van der Waals surface area (Å²) in [4.78, 5) is 27.8. The summed E-state index contributed by atoms with van der Waals surface area (Å²) in [5, 5.41) is 7.67. The Labute approximate surface area is 152 Å². The first-order chi connectivity index (χ1) is 12.5. The summed E-state index contributed by atoms with van der Waals surface area (Å²) in [5.74, 6) is -1.61. The van der Waals surface area contributed by atoms with Crippen LogP contribution in [-0.2, 0) is 22.3 Å². The molecule has 0 saturated heterocycles. The zero-order valence-corrected chi connectivity index (χ0v) is 14.6. The molecule has 27 heavy (non-hydrogen) atoms. The number of nitrogens with zero attached hydrogens (tertiary/aromatic N) is 1. The summed E-state index contributed by atoms with van der Waals surface area (Å²) < 4.78 is 52.0. The molecule has 0 fully saturated rings. The molecule has 1 heterocycles. The van der Waals surface area contributed by atoms with Gasteiger partial charge in [0.15, 0.2) is 5.54 Å². The summed E-state index contributed by atoms with van der Waals surface area (Å²) in [6.07, 6.45) is -1.81. The van der Waals surface area contributed by atoms with Gasteiger partial charge in [0, 0.05) is 24.7 Å². The van der Waals surface area contributed by atoms with Gasteiger partial charge in [-0.15, -0.1) is 0 Å². The highest BCUT2D eigenvalue weighted by Crippen LogP contribution is 2.30. The van der Waals surface area contributed by atoms with Gasteiger partial charge in [-0.05, 0) is 25.1 Å². The van der Waals surface area contributed by atoms with Crippen LogP contribution in [-0.4, -0.2) is 23.6 Å². The van der Waals surface area contributed by atoms with Gasteiger partial charge in [-0.25, -0.2) is 4.39 Å². The molecule has 0 bridgehead atoms. The standard InChI is InChI=1S/C17H18F4N4O2/c1-3-14(26)24-13-8-22-9-16(2,25-13)15(27)23-7-10-6-11(17(19,20)21)4-5-12(10)18/h4-6,8-9,25H,3,7H2,1-2H3,(H,23,27)(H,24,26). The van der Waals surface area contributed by atoms with E-state index in [1.54, 1.807) is 6.92 Å². The Hall–Kier alpha value is -2.91. The molecule has 6 nitrogen and oxygen atoms in total. The highest BCUT2D eigenvalue weighted by molar-refractivity contribution is 6.03. The van der Waals surface area contributed by atoms with Crippen molar-refractivity contribution < 1.29 is 27.2 Å². The van der Waals surface area contributed by atoms with E-state index in [9.17, 15) is 27.2 Å². The van der Waals surface area contributed by atoms with E-state index in [2.05, 4.69) is 20.9 Å². The Morgan fingerprint density at radius 1 is 1.30 bits per heavy atom. The number of carbonyl (C=O) groups excluding carboxylic acids is 2. The van der Waals surface area contributed by atoms with E-state index in [0.717, 1.165) is 0 Å². The fourth-order valence-corrected chi connectivity index (χ4v) is 2.27. The molecule has 10 heteroatoms. The van der Waals surface area contributed by atoms with Crippen molar-refractivity contribution in [3.8, 4) is 0 Å². The molecule has 1 unspecified atom stereocenters. The average molecular weight is 386 g/mol. The third kappa shape index (κ3) is 5.05. The van der Waals surface area contributed by atoms with Crippen LogP contribution in [0.25, 0.3) is 0 Å². The number of rotatable bonds is 5. The molecule has 0 saturated carbocycles. The predicted molar refractivity (Wildman–Crippen MR) is 89.8 cm³/mol. The van der Waals surface area contributed by atoms with Gasteiger partial charge in [0.05, 0.1) is 11.8 Å². The minimum atomic E-state index is -4.62. The van der Waals surface area contributed by atoms with Crippen LogP contribution in [0.4, 0.5) is 17.6 Å². The Morgan fingerprint density at radius 3 is 2.63 bits per heavy atom. The summed E-state index contributed by atoms with van der Waals surface area (Å²) in [5.41, 5.74) is -2.68. The molecular formula is C17H18F4N4O2. The largest absolute Gasteiger partial charge is 0.416 e. The monoisotopic (exact) mass is 386 g/mol. The molecule has 1 aliphatic heterocycles. The highest BCUT2D eigenvalue weighted by atomic mass is 19.4. The third-order valence-electron chi connectivity index (χ3n) is 3.81. The maximum absolute atomic E-state index is 13.8. The lowest BCUT2D eigenvalue weighted by Gasteiger charge is -2.30. The number of hydrogen-bond donors (Lipinski definition) is 3. The quantitative estimate of drug-likeness (QED) is 0.679. The van der Waals surface area contributed by atoms with Crippen molar-refractivity contribution in [2.75, 3.05) is 0 Å². The molecule has 0 radical (unpaired) electrons. The second-order valence-corrected chi connectivity index (χ2v) is 6.04. The summed E-state index contributed by atoms with van der Waals surface area (Å²) in [6, 6.07) is 1.98. The van der Waals surface area contributed by atoms with E-state index >= 15 is 0 Å². The van der Waals surface area contributed by atoms with E-state index in [0.29, 0.717) is 18.2 Å². The topological polar surface area (TPSA) is 82.6 Å². The first-order valence-corrected chi connectivity index (χ1v) is 8.01. The lowest BCUT2D eigenvalue weighted by atomic mass is 10.0. The minimum absolute atomic E-state index is 0.201. The molecule has 0 aliphatic carbocycles. The first-order valence-electron chi connectivity index (χ1n) is 8.01. The number of hydrogen-bond acceptors (Lipinski definition) is 4. The van der Waals surface area contributed by atoms with Crippen molar-refractivity contribution in [2.24, 2.45) is 4.99 Å². The van der Waals surface area contributed by atoms with E-state index < -0.39 is 35.5 Å². The first kappa shape index (κ1) is 20.4. The number of aliphatic imine (C=N–C) groups is 1. The number of halogens is 4. The SMILES string of the molecule is CCC(=O)NC1=CN=CC(C)(C(=O)NCc2cc(C(F)(F)F)ccc2F)N1. The molecule has 3 N–H and O–H groups in total. The van der Waals surface area contributed by atoms with Crippen molar-refractivity contribution in [3.05, 3.63) is 47.2 Å². The van der Waals surface area contributed by atoms with Gasteiger partial charge in [0.2, 0.25) is 5.91 Å². The summed E-state index contributed by atoms with van der Waals surface area (Å²) in [7, 11) is 0. The van der Waals surface area contributed by atoms with Gasteiger partial charge in [-0.1, -0.05) is 6.92 Å². The molecule has 1 aromatic carbocycles. The Morgan fingerprint density at radius 2 is 2.00 bits per heavy atom. The fraction of sp³-hybridized carbons (Fsp3) is 0.353. The van der Waals surface area contributed by atoms with Crippen molar-refractivity contribution >= 4 is 18.0 Å². The molecule has 2 rings (SSSR count). The molecule has 1 aromatic rings. The van der Waals surface area contributed by atoms with Crippen LogP contribution in [0.3, 0.4) is 0 Å². The van der Waals surface area contributed by atoms with Crippen LogP contribution in [0, 0.1) is 5.82 Å². The van der Waals surface area contributed by atoms with Gasteiger partial charge in [-0.2, -0.15) is 13.2 Å². The molecule has 2 amide bonds. The van der Waals surface area contributed by atoms with Gasteiger partial charge in [0.1, 0.15) is 11.6 Å². The lowest BCUT2D eigenvalue weighted by Crippen LogP contribution is -2.58. The summed E-state index contributed by atoms with van der Waals surface area (Å²) >= 11 is 0. The van der Waals surface area contributed by atoms with Crippen molar-refractivity contribution in [1.29, 1.82) is 0 Å². The lowest BCUT2D eigenvalue weighted by molar-refractivity contribution is -0.137. The zero-order valence-electron chi connectivity index (χ0n) is 14.6. The van der Waals surface area contributed by atoms with E-state index in [-0.39, 0.29) is 23.7 Å². The number of carbonyl (C=O) groups is 2. The Kier molecular flexibility index (Phi) is 5.87. The van der Waals surface area contributed by atoms with Crippen LogP contribution in [0.5, 0.6) is 0 Å². The van der Waals surface area contributed by atoms with E-state index in [1.165, 1.54) is 19.3 Å². The molecule has 146 valence electrons. The average Bonchev–Trinajstić information content (AvgIpc) is 2.59. The van der Waals surface area contributed by atoms with Gasteiger partial charge in [0.25, 0.3) is 5.91 Å². The fourth-order valence-electron chi connectivity index (χ4n) is 2.27. The van der Waals surface area contributed by atoms with Crippen molar-refractivity contribution in [3.63, 3.8) is 0 Å².